The maximum absolute atomic E-state index is 11.8. The summed E-state index contributed by atoms with van der Waals surface area (Å²) >= 11 is 3.39. The normalized spacial score (nSPS) is 23.2. The van der Waals surface area contributed by atoms with Crippen LogP contribution < -0.4 is 0 Å². The molecule has 0 saturated carbocycles. The Balaban J connectivity index is 2.16. The zero-order valence-corrected chi connectivity index (χ0v) is 10.3. The predicted molar refractivity (Wildman–Crippen MR) is 63.9 cm³/mol. The number of likely N-dealkylation sites (tertiary alicyclic amines) is 1. The van der Waals surface area contributed by atoms with Gasteiger partial charge in [0.15, 0.2) is 0 Å². The van der Waals surface area contributed by atoms with Crippen LogP contribution in [0.25, 0.3) is 0 Å². The maximum Gasteiger partial charge on any atom is 0.236 e. The van der Waals surface area contributed by atoms with E-state index in [2.05, 4.69) is 35.0 Å². The molecule has 1 aliphatic rings. The van der Waals surface area contributed by atoms with Crippen LogP contribution >= 0.6 is 15.9 Å². The molecule has 1 fully saturated rings. The van der Waals surface area contributed by atoms with Gasteiger partial charge in [-0.05, 0) is 18.9 Å². The largest absolute Gasteiger partial charge is 0.335 e. The van der Waals surface area contributed by atoms with E-state index in [1.54, 1.807) is 0 Å². The lowest BCUT2D eigenvalue weighted by molar-refractivity contribution is -0.128. The van der Waals surface area contributed by atoms with Crippen LogP contribution in [0.3, 0.4) is 0 Å². The highest BCUT2D eigenvalue weighted by Gasteiger charge is 2.32. The second kappa shape index (κ2) is 4.35. The monoisotopic (exact) mass is 267 g/mol. The maximum atomic E-state index is 11.8. The highest BCUT2D eigenvalue weighted by molar-refractivity contribution is 9.10. The van der Waals surface area contributed by atoms with Crippen molar-refractivity contribution in [3.8, 4) is 0 Å². The number of alkyl halides is 1. The van der Waals surface area contributed by atoms with Crippen molar-refractivity contribution < 1.29 is 4.79 Å². The molecule has 0 spiro atoms. The third-order valence-corrected chi connectivity index (χ3v) is 3.77. The van der Waals surface area contributed by atoms with Crippen LogP contribution in [0, 0.1) is 0 Å². The molecule has 1 aromatic rings. The second-order valence-corrected chi connectivity index (χ2v) is 4.98. The molecule has 3 heteroatoms. The molecule has 2 nitrogen and oxygen atoms in total. The Kier molecular flexibility index (Phi) is 3.10. The molecular formula is C12H14BrNO. The van der Waals surface area contributed by atoms with E-state index in [-0.39, 0.29) is 16.8 Å². The van der Waals surface area contributed by atoms with E-state index in [1.165, 1.54) is 5.56 Å². The zero-order chi connectivity index (χ0) is 10.8. The van der Waals surface area contributed by atoms with Crippen molar-refractivity contribution in [3.63, 3.8) is 0 Å². The molecule has 1 amide bonds. The topological polar surface area (TPSA) is 20.3 Å². The molecule has 2 unspecified atom stereocenters. The van der Waals surface area contributed by atoms with Crippen LogP contribution in [0.15, 0.2) is 30.3 Å². The van der Waals surface area contributed by atoms with E-state index < -0.39 is 0 Å². The third kappa shape index (κ3) is 2.07. The number of amides is 1. The number of hydrogen-bond acceptors (Lipinski definition) is 1. The van der Waals surface area contributed by atoms with Crippen LogP contribution in [0.1, 0.15) is 24.9 Å². The average Bonchev–Trinajstić information content (AvgIpc) is 2.60. The number of carbonyl (C=O) groups excluding carboxylic acids is 1. The summed E-state index contributed by atoms with van der Waals surface area (Å²) < 4.78 is 0. The van der Waals surface area contributed by atoms with Crippen LogP contribution in [0.4, 0.5) is 0 Å². The molecule has 1 heterocycles. The first-order valence-corrected chi connectivity index (χ1v) is 6.11. The molecular weight excluding hydrogens is 254 g/mol. The third-order valence-electron chi connectivity index (χ3n) is 2.92. The first-order chi connectivity index (χ1) is 7.20. The number of nitrogens with zero attached hydrogens (tertiary/aromatic N) is 1. The van der Waals surface area contributed by atoms with Gasteiger partial charge in [0.05, 0.1) is 10.9 Å². The van der Waals surface area contributed by atoms with Gasteiger partial charge in [-0.2, -0.15) is 0 Å². The summed E-state index contributed by atoms with van der Waals surface area (Å²) in [5, 5.41) is 0. The molecule has 15 heavy (non-hydrogen) atoms. The SMILES string of the molecule is CC(c1ccccc1)N1CCC(Br)C1=O. The number of carbonyl (C=O) groups is 1. The predicted octanol–water partition coefficient (Wildman–Crippen LogP) is 2.74. The Morgan fingerprint density at radius 1 is 1.40 bits per heavy atom. The van der Waals surface area contributed by atoms with Crippen molar-refractivity contribution in [2.24, 2.45) is 0 Å². The minimum absolute atomic E-state index is 0.0173. The molecule has 0 radical (unpaired) electrons. The molecule has 0 aliphatic carbocycles. The van der Waals surface area contributed by atoms with Gasteiger partial charge >= 0.3 is 0 Å². The summed E-state index contributed by atoms with van der Waals surface area (Å²) in [6.07, 6.45) is 0.913. The van der Waals surface area contributed by atoms with Crippen LogP contribution in [-0.4, -0.2) is 22.2 Å². The molecule has 1 aliphatic heterocycles. The molecule has 0 bridgehead atoms. The minimum atomic E-state index is 0.0173. The van der Waals surface area contributed by atoms with E-state index in [1.807, 2.05) is 23.1 Å². The lowest BCUT2D eigenvalue weighted by Gasteiger charge is -2.24. The summed E-state index contributed by atoms with van der Waals surface area (Å²) in [6, 6.07) is 10.3. The fourth-order valence-corrected chi connectivity index (χ4v) is 2.43. The number of hydrogen-bond donors (Lipinski definition) is 0. The zero-order valence-electron chi connectivity index (χ0n) is 8.69. The van der Waals surface area contributed by atoms with E-state index in [0.29, 0.717) is 0 Å². The molecule has 0 aromatic heterocycles. The summed E-state index contributed by atoms with van der Waals surface area (Å²) in [5.41, 5.74) is 1.20. The van der Waals surface area contributed by atoms with Gasteiger partial charge in [0.2, 0.25) is 5.91 Å². The first-order valence-electron chi connectivity index (χ1n) is 5.19. The van der Waals surface area contributed by atoms with Gasteiger partial charge in [0.1, 0.15) is 0 Å². The van der Waals surface area contributed by atoms with E-state index in [4.69, 9.17) is 0 Å². The molecule has 2 rings (SSSR count). The van der Waals surface area contributed by atoms with Crippen molar-refractivity contribution in [2.75, 3.05) is 6.54 Å². The fourth-order valence-electron chi connectivity index (χ4n) is 1.96. The van der Waals surface area contributed by atoms with E-state index >= 15 is 0 Å². The second-order valence-electron chi connectivity index (χ2n) is 3.87. The van der Waals surface area contributed by atoms with Crippen LogP contribution in [0.5, 0.6) is 0 Å². The molecule has 80 valence electrons. The van der Waals surface area contributed by atoms with Crippen molar-refractivity contribution in [2.45, 2.75) is 24.2 Å². The smallest absolute Gasteiger partial charge is 0.236 e. The van der Waals surface area contributed by atoms with Gasteiger partial charge < -0.3 is 4.90 Å². The lowest BCUT2D eigenvalue weighted by Crippen LogP contribution is -2.30. The summed E-state index contributed by atoms with van der Waals surface area (Å²) in [7, 11) is 0. The standard InChI is InChI=1S/C12H14BrNO/c1-9(10-5-3-2-4-6-10)14-8-7-11(13)12(14)15/h2-6,9,11H,7-8H2,1H3. The van der Waals surface area contributed by atoms with Crippen LogP contribution in [0.2, 0.25) is 0 Å². The molecule has 2 atom stereocenters. The van der Waals surface area contributed by atoms with Gasteiger partial charge in [-0.1, -0.05) is 46.3 Å². The Morgan fingerprint density at radius 3 is 2.60 bits per heavy atom. The minimum Gasteiger partial charge on any atom is -0.335 e. The van der Waals surface area contributed by atoms with Gasteiger partial charge in [-0.3, -0.25) is 4.79 Å². The lowest BCUT2D eigenvalue weighted by atomic mass is 10.1. The highest BCUT2D eigenvalue weighted by Crippen LogP contribution is 2.28. The molecule has 1 saturated heterocycles. The Labute approximate surface area is 98.4 Å². The van der Waals surface area contributed by atoms with Crippen molar-refractivity contribution in [3.05, 3.63) is 35.9 Å². The average molecular weight is 268 g/mol. The Bertz CT molecular complexity index is 352. The fraction of sp³-hybridized carbons (Fsp3) is 0.417. The summed E-state index contributed by atoms with van der Waals surface area (Å²) in [6.45, 7) is 2.93. The van der Waals surface area contributed by atoms with Crippen molar-refractivity contribution >= 4 is 21.8 Å². The number of rotatable bonds is 2. The Morgan fingerprint density at radius 2 is 2.07 bits per heavy atom. The number of halogens is 1. The molecule has 0 N–H and O–H groups in total. The Hall–Kier alpha value is -0.830. The number of benzene rings is 1. The van der Waals surface area contributed by atoms with E-state index in [9.17, 15) is 4.79 Å². The van der Waals surface area contributed by atoms with Gasteiger partial charge in [0.25, 0.3) is 0 Å². The first kappa shape index (κ1) is 10.7. The van der Waals surface area contributed by atoms with Gasteiger partial charge in [0, 0.05) is 6.54 Å². The van der Waals surface area contributed by atoms with E-state index in [0.717, 1.165) is 13.0 Å². The summed E-state index contributed by atoms with van der Waals surface area (Å²) in [5.74, 6) is 0.214. The van der Waals surface area contributed by atoms with Crippen molar-refractivity contribution in [1.29, 1.82) is 0 Å². The highest BCUT2D eigenvalue weighted by atomic mass is 79.9. The quantitative estimate of drug-likeness (QED) is 0.755. The van der Waals surface area contributed by atoms with Crippen molar-refractivity contribution in [1.82, 2.24) is 4.90 Å². The summed E-state index contributed by atoms with van der Waals surface area (Å²) in [4.78, 5) is 13.8. The van der Waals surface area contributed by atoms with Gasteiger partial charge in [-0.15, -0.1) is 0 Å². The van der Waals surface area contributed by atoms with Gasteiger partial charge in [-0.25, -0.2) is 0 Å². The van der Waals surface area contributed by atoms with Crippen LogP contribution in [-0.2, 0) is 4.79 Å². The molecule has 1 aromatic carbocycles.